The summed E-state index contributed by atoms with van der Waals surface area (Å²) in [5.41, 5.74) is 1.30. The summed E-state index contributed by atoms with van der Waals surface area (Å²) in [5, 5.41) is 22.5. The van der Waals surface area contributed by atoms with Gasteiger partial charge in [-0.15, -0.1) is 0 Å². The highest BCUT2D eigenvalue weighted by atomic mass is 35.5. The number of oxime groups is 1. The first-order chi connectivity index (χ1) is 12.8. The minimum atomic E-state index is -1.13. The Morgan fingerprint density at radius 2 is 1.93 bits per heavy atom. The van der Waals surface area contributed by atoms with E-state index in [1.165, 1.54) is 6.21 Å². The number of carbonyl (C=O) groups is 1. The van der Waals surface area contributed by atoms with Gasteiger partial charge < -0.3 is 19.8 Å². The third-order valence-corrected chi connectivity index (χ3v) is 4.41. The second-order valence-corrected chi connectivity index (χ2v) is 6.66. The van der Waals surface area contributed by atoms with Crippen LogP contribution in [-0.4, -0.2) is 29.0 Å². The summed E-state index contributed by atoms with van der Waals surface area (Å²) < 4.78 is 5.81. The number of rotatable bonds is 8. The van der Waals surface area contributed by atoms with E-state index in [-0.39, 0.29) is 27.5 Å². The zero-order valence-electron chi connectivity index (χ0n) is 14.8. The maximum Gasteiger partial charge on any atom is 0.344 e. The fourth-order valence-electron chi connectivity index (χ4n) is 2.27. The average Bonchev–Trinajstić information content (AvgIpc) is 2.62. The molecule has 0 aliphatic carbocycles. The van der Waals surface area contributed by atoms with Crippen LogP contribution in [0.15, 0.2) is 35.5 Å². The molecule has 0 saturated heterocycles. The number of ether oxygens (including phenoxy) is 1. The highest BCUT2D eigenvalue weighted by molar-refractivity contribution is 6.37. The lowest BCUT2D eigenvalue weighted by Gasteiger charge is -2.15. The Balaban J connectivity index is 2.21. The predicted molar refractivity (Wildman–Crippen MR) is 105 cm³/mol. The van der Waals surface area contributed by atoms with Crippen LogP contribution in [0.1, 0.15) is 37.3 Å². The summed E-state index contributed by atoms with van der Waals surface area (Å²) in [6.45, 7) is 3.50. The Morgan fingerprint density at radius 1 is 1.26 bits per heavy atom. The molecular formula is C19H19Cl2NO5. The molecule has 0 amide bonds. The number of carboxylic acids is 1. The SMILES string of the molecule is CCC(C)c1cc(Oc2c(Cl)cc(/C=N/OCC(=O)O)cc2Cl)ccc1O. The van der Waals surface area contributed by atoms with E-state index in [1.54, 1.807) is 30.3 Å². The smallest absolute Gasteiger partial charge is 0.344 e. The monoisotopic (exact) mass is 411 g/mol. The lowest BCUT2D eigenvalue weighted by molar-refractivity contribution is -0.142. The average molecular weight is 412 g/mol. The standard InChI is InChI=1S/C19H19Cl2NO5/c1-3-11(2)14-8-13(4-5-17(14)23)27-19-15(20)6-12(7-16(19)21)9-22-26-10-18(24)25/h4-9,11,23H,3,10H2,1-2H3,(H,24,25)/b22-9+. The topological polar surface area (TPSA) is 88.4 Å². The number of carboxylic acid groups (broad SMARTS) is 1. The molecule has 0 saturated carbocycles. The van der Waals surface area contributed by atoms with E-state index in [0.29, 0.717) is 11.3 Å². The molecule has 8 heteroatoms. The zero-order valence-corrected chi connectivity index (χ0v) is 16.3. The predicted octanol–water partition coefficient (Wildman–Crippen LogP) is 5.44. The largest absolute Gasteiger partial charge is 0.508 e. The molecule has 2 aromatic carbocycles. The van der Waals surface area contributed by atoms with Crippen molar-refractivity contribution in [2.45, 2.75) is 26.2 Å². The molecular weight excluding hydrogens is 393 g/mol. The van der Waals surface area contributed by atoms with Gasteiger partial charge in [0.05, 0.1) is 16.3 Å². The zero-order chi connectivity index (χ0) is 20.0. The minimum Gasteiger partial charge on any atom is -0.508 e. The van der Waals surface area contributed by atoms with Crippen LogP contribution in [0.3, 0.4) is 0 Å². The third kappa shape index (κ3) is 5.77. The number of phenolic OH excluding ortho intramolecular Hbond substituents is 1. The molecule has 0 aromatic heterocycles. The molecule has 144 valence electrons. The molecule has 0 radical (unpaired) electrons. The van der Waals surface area contributed by atoms with Crippen LogP contribution in [0, 0.1) is 0 Å². The minimum absolute atomic E-state index is 0.170. The second-order valence-electron chi connectivity index (χ2n) is 5.85. The third-order valence-electron chi connectivity index (χ3n) is 3.85. The van der Waals surface area contributed by atoms with Crippen LogP contribution in [-0.2, 0) is 9.63 Å². The van der Waals surface area contributed by atoms with Crippen molar-refractivity contribution in [3.8, 4) is 17.2 Å². The van der Waals surface area contributed by atoms with E-state index in [4.69, 9.17) is 33.0 Å². The molecule has 0 bridgehead atoms. The fraction of sp³-hybridized carbons (Fsp3) is 0.263. The van der Waals surface area contributed by atoms with Gasteiger partial charge in [0, 0.05) is 5.56 Å². The van der Waals surface area contributed by atoms with Crippen LogP contribution in [0.2, 0.25) is 10.0 Å². The first-order valence-corrected chi connectivity index (χ1v) is 8.94. The Labute approximate surface area is 166 Å². The van der Waals surface area contributed by atoms with E-state index in [2.05, 4.69) is 9.99 Å². The summed E-state index contributed by atoms with van der Waals surface area (Å²) in [7, 11) is 0. The van der Waals surface area contributed by atoms with Crippen molar-refractivity contribution in [3.05, 3.63) is 51.5 Å². The Morgan fingerprint density at radius 3 is 2.52 bits per heavy atom. The Bertz CT molecular complexity index is 831. The lowest BCUT2D eigenvalue weighted by atomic mass is 9.97. The van der Waals surface area contributed by atoms with Gasteiger partial charge in [-0.3, -0.25) is 0 Å². The Hall–Kier alpha value is -2.44. The van der Waals surface area contributed by atoms with Crippen LogP contribution >= 0.6 is 23.2 Å². The maximum absolute atomic E-state index is 10.4. The maximum atomic E-state index is 10.4. The number of benzene rings is 2. The Kier molecular flexibility index (Phi) is 7.33. The van der Waals surface area contributed by atoms with Crippen molar-refractivity contribution >= 4 is 35.4 Å². The number of hydrogen-bond donors (Lipinski definition) is 2. The molecule has 0 aliphatic heterocycles. The van der Waals surface area contributed by atoms with Crippen LogP contribution in [0.5, 0.6) is 17.2 Å². The van der Waals surface area contributed by atoms with Crippen molar-refractivity contribution in [1.29, 1.82) is 0 Å². The summed E-state index contributed by atoms with van der Waals surface area (Å²) in [6.07, 6.45) is 2.17. The molecule has 0 spiro atoms. The van der Waals surface area contributed by atoms with Gasteiger partial charge in [0.2, 0.25) is 6.61 Å². The number of aromatic hydroxyl groups is 1. The normalized spacial score (nSPS) is 12.1. The molecule has 6 nitrogen and oxygen atoms in total. The van der Waals surface area contributed by atoms with Crippen LogP contribution < -0.4 is 4.74 Å². The fourth-order valence-corrected chi connectivity index (χ4v) is 2.85. The van der Waals surface area contributed by atoms with E-state index < -0.39 is 12.6 Å². The molecule has 0 aliphatic rings. The molecule has 2 rings (SSSR count). The summed E-state index contributed by atoms with van der Waals surface area (Å²) in [6, 6.07) is 8.08. The van der Waals surface area contributed by atoms with Gasteiger partial charge in [0.1, 0.15) is 11.5 Å². The van der Waals surface area contributed by atoms with Gasteiger partial charge in [-0.25, -0.2) is 4.79 Å². The van der Waals surface area contributed by atoms with Gasteiger partial charge >= 0.3 is 5.97 Å². The van der Waals surface area contributed by atoms with Crippen LogP contribution in [0.25, 0.3) is 0 Å². The summed E-state index contributed by atoms with van der Waals surface area (Å²) in [4.78, 5) is 15.0. The number of halogens is 2. The molecule has 27 heavy (non-hydrogen) atoms. The molecule has 1 unspecified atom stereocenters. The number of hydrogen-bond acceptors (Lipinski definition) is 5. The summed E-state index contributed by atoms with van der Waals surface area (Å²) in [5.74, 6) is 0.0177. The van der Waals surface area contributed by atoms with Gasteiger partial charge in [-0.1, -0.05) is 42.2 Å². The number of phenols is 1. The van der Waals surface area contributed by atoms with Crippen molar-refractivity contribution in [1.82, 2.24) is 0 Å². The van der Waals surface area contributed by atoms with E-state index in [9.17, 15) is 9.90 Å². The van der Waals surface area contributed by atoms with E-state index >= 15 is 0 Å². The molecule has 0 fully saturated rings. The van der Waals surface area contributed by atoms with E-state index in [0.717, 1.165) is 12.0 Å². The van der Waals surface area contributed by atoms with Crippen LogP contribution in [0.4, 0.5) is 0 Å². The van der Waals surface area contributed by atoms with Crippen molar-refractivity contribution in [2.24, 2.45) is 5.16 Å². The number of nitrogens with zero attached hydrogens (tertiary/aromatic N) is 1. The highest BCUT2D eigenvalue weighted by Gasteiger charge is 2.14. The first-order valence-electron chi connectivity index (χ1n) is 8.18. The quantitative estimate of drug-likeness (QED) is 0.445. The molecule has 2 aromatic rings. The van der Waals surface area contributed by atoms with Gasteiger partial charge in [0.15, 0.2) is 5.75 Å². The van der Waals surface area contributed by atoms with Crippen molar-refractivity contribution in [3.63, 3.8) is 0 Å². The van der Waals surface area contributed by atoms with Gasteiger partial charge in [-0.2, -0.15) is 0 Å². The molecule has 2 N–H and O–H groups in total. The van der Waals surface area contributed by atoms with E-state index in [1.807, 2.05) is 13.8 Å². The first kappa shape index (κ1) is 20.9. The number of aliphatic carboxylic acids is 1. The molecule has 1 atom stereocenters. The molecule has 0 heterocycles. The van der Waals surface area contributed by atoms with Crippen molar-refractivity contribution < 1.29 is 24.6 Å². The van der Waals surface area contributed by atoms with Gasteiger partial charge in [0.25, 0.3) is 0 Å². The second kappa shape index (κ2) is 9.48. The van der Waals surface area contributed by atoms with Crippen molar-refractivity contribution in [2.75, 3.05) is 6.61 Å². The lowest BCUT2D eigenvalue weighted by Crippen LogP contribution is -2.03. The van der Waals surface area contributed by atoms with Gasteiger partial charge in [-0.05, 0) is 48.2 Å². The summed E-state index contributed by atoms with van der Waals surface area (Å²) >= 11 is 12.5. The highest BCUT2D eigenvalue weighted by Crippen LogP contribution is 2.39.